The highest BCUT2D eigenvalue weighted by Gasteiger charge is 2.14. The molecule has 0 aromatic carbocycles. The Balaban J connectivity index is 2.56. The van der Waals surface area contributed by atoms with Crippen LogP contribution in [0.15, 0.2) is 5.38 Å². The van der Waals surface area contributed by atoms with Gasteiger partial charge in [0.25, 0.3) is 0 Å². The summed E-state index contributed by atoms with van der Waals surface area (Å²) in [5.41, 5.74) is 6.52. The fourth-order valence-corrected chi connectivity index (χ4v) is 2.16. The number of carbonyl (C=O) groups is 1. The van der Waals surface area contributed by atoms with Crippen LogP contribution in [0.1, 0.15) is 45.3 Å². The Labute approximate surface area is 100 Å². The van der Waals surface area contributed by atoms with Gasteiger partial charge in [-0.1, -0.05) is 20.3 Å². The lowest BCUT2D eigenvalue weighted by Gasteiger charge is -2.08. The molecule has 0 aliphatic rings. The lowest BCUT2D eigenvalue weighted by molar-refractivity contribution is -0.119. The maximum atomic E-state index is 11.7. The molecule has 0 spiro atoms. The number of nitrogens with one attached hydrogen (secondary N) is 1. The number of nitrogens with zero attached hydrogens (tertiary/aromatic N) is 1. The summed E-state index contributed by atoms with van der Waals surface area (Å²) in [7, 11) is 0. The smallest absolute Gasteiger partial charge is 0.228 e. The molecule has 16 heavy (non-hydrogen) atoms. The number of rotatable bonds is 5. The van der Waals surface area contributed by atoms with E-state index in [1.165, 1.54) is 11.3 Å². The van der Waals surface area contributed by atoms with E-state index < -0.39 is 0 Å². The number of nitrogens with two attached hydrogens (primary N) is 1. The zero-order chi connectivity index (χ0) is 12.1. The Morgan fingerprint density at radius 1 is 1.62 bits per heavy atom. The quantitative estimate of drug-likeness (QED) is 0.832. The molecule has 0 saturated carbocycles. The summed E-state index contributed by atoms with van der Waals surface area (Å²) >= 11 is 1.42. The van der Waals surface area contributed by atoms with E-state index in [0.717, 1.165) is 18.5 Å². The molecule has 0 bridgehead atoms. The molecule has 0 aliphatic heterocycles. The second-order valence-electron chi connectivity index (χ2n) is 4.05. The van der Waals surface area contributed by atoms with Crippen LogP contribution in [0.4, 0.5) is 5.13 Å². The number of hydrogen-bond acceptors (Lipinski definition) is 4. The summed E-state index contributed by atoms with van der Waals surface area (Å²) in [5, 5.41) is 5.33. The predicted octanol–water partition coefficient (Wildman–Crippen LogP) is 2.54. The summed E-state index contributed by atoms with van der Waals surface area (Å²) in [6.45, 7) is 5.88. The van der Waals surface area contributed by atoms with Crippen LogP contribution in [0.25, 0.3) is 0 Å². The van der Waals surface area contributed by atoms with Gasteiger partial charge in [0.1, 0.15) is 0 Å². The molecular formula is C11H19N3OS. The number of anilines is 1. The molecule has 2 unspecified atom stereocenters. The molecule has 0 saturated heterocycles. The molecule has 0 aliphatic carbocycles. The molecule has 1 heterocycles. The van der Waals surface area contributed by atoms with Crippen molar-refractivity contribution in [2.75, 3.05) is 5.32 Å². The minimum absolute atomic E-state index is 0.0347. The van der Waals surface area contributed by atoms with Crippen LogP contribution in [-0.4, -0.2) is 10.9 Å². The fourth-order valence-electron chi connectivity index (χ4n) is 1.35. The second kappa shape index (κ2) is 5.96. The van der Waals surface area contributed by atoms with E-state index in [-0.39, 0.29) is 17.9 Å². The Kier molecular flexibility index (Phi) is 4.89. The van der Waals surface area contributed by atoms with E-state index in [9.17, 15) is 4.79 Å². The molecule has 0 fully saturated rings. The van der Waals surface area contributed by atoms with Gasteiger partial charge in [0.15, 0.2) is 5.13 Å². The van der Waals surface area contributed by atoms with E-state index in [4.69, 9.17) is 5.73 Å². The van der Waals surface area contributed by atoms with Gasteiger partial charge in [-0.3, -0.25) is 4.79 Å². The molecule has 1 aromatic heterocycles. The van der Waals surface area contributed by atoms with E-state index in [1.54, 1.807) is 0 Å². The van der Waals surface area contributed by atoms with Crippen LogP contribution in [0.3, 0.4) is 0 Å². The van der Waals surface area contributed by atoms with Crippen molar-refractivity contribution in [3.05, 3.63) is 11.1 Å². The minimum Gasteiger partial charge on any atom is -0.323 e. The van der Waals surface area contributed by atoms with Gasteiger partial charge in [-0.2, -0.15) is 0 Å². The van der Waals surface area contributed by atoms with Gasteiger partial charge in [-0.25, -0.2) is 4.98 Å². The van der Waals surface area contributed by atoms with Gasteiger partial charge in [-0.15, -0.1) is 11.3 Å². The fraction of sp³-hybridized carbons (Fsp3) is 0.636. The lowest BCUT2D eigenvalue weighted by atomic mass is 10.1. The molecule has 5 heteroatoms. The van der Waals surface area contributed by atoms with Crippen molar-refractivity contribution in [2.24, 2.45) is 11.7 Å². The maximum absolute atomic E-state index is 11.7. The summed E-state index contributed by atoms with van der Waals surface area (Å²) < 4.78 is 0. The van der Waals surface area contributed by atoms with Crippen LogP contribution >= 0.6 is 11.3 Å². The molecule has 90 valence electrons. The van der Waals surface area contributed by atoms with Crippen molar-refractivity contribution in [3.63, 3.8) is 0 Å². The monoisotopic (exact) mass is 241 g/mol. The van der Waals surface area contributed by atoms with Crippen molar-refractivity contribution in [2.45, 2.75) is 39.7 Å². The van der Waals surface area contributed by atoms with Gasteiger partial charge in [0.2, 0.25) is 5.91 Å². The summed E-state index contributed by atoms with van der Waals surface area (Å²) in [4.78, 5) is 16.0. The Hall–Kier alpha value is -0.940. The van der Waals surface area contributed by atoms with Crippen molar-refractivity contribution in [1.29, 1.82) is 0 Å². The molecule has 1 amide bonds. The number of carbonyl (C=O) groups excluding carboxylic acids is 1. The first-order valence-corrected chi connectivity index (χ1v) is 6.44. The van der Waals surface area contributed by atoms with Gasteiger partial charge in [-0.05, 0) is 13.3 Å². The van der Waals surface area contributed by atoms with Crippen molar-refractivity contribution < 1.29 is 4.79 Å². The highest BCUT2D eigenvalue weighted by atomic mass is 32.1. The van der Waals surface area contributed by atoms with E-state index >= 15 is 0 Å². The first-order valence-electron chi connectivity index (χ1n) is 5.56. The zero-order valence-electron chi connectivity index (χ0n) is 9.99. The summed E-state index contributed by atoms with van der Waals surface area (Å²) in [6, 6.07) is -0.0880. The largest absolute Gasteiger partial charge is 0.323 e. The molecule has 4 nitrogen and oxygen atoms in total. The number of hydrogen-bond donors (Lipinski definition) is 2. The number of thiazole rings is 1. The Morgan fingerprint density at radius 2 is 2.31 bits per heavy atom. The lowest BCUT2D eigenvalue weighted by Crippen LogP contribution is -2.20. The van der Waals surface area contributed by atoms with E-state index in [1.807, 2.05) is 19.2 Å². The van der Waals surface area contributed by atoms with E-state index in [2.05, 4.69) is 17.2 Å². The standard InChI is InChI=1S/C11H19N3OS/c1-4-5-7(2)10(15)14-11-13-9(6-16-11)8(3)12/h6-8H,4-5,12H2,1-3H3,(H,13,14,15). The third-order valence-corrected chi connectivity index (χ3v) is 3.16. The van der Waals surface area contributed by atoms with Crippen LogP contribution < -0.4 is 11.1 Å². The highest BCUT2D eigenvalue weighted by molar-refractivity contribution is 7.13. The van der Waals surface area contributed by atoms with Gasteiger partial charge >= 0.3 is 0 Å². The van der Waals surface area contributed by atoms with Crippen molar-refractivity contribution in [1.82, 2.24) is 4.98 Å². The normalized spacial score (nSPS) is 14.5. The SMILES string of the molecule is CCCC(C)C(=O)Nc1nc(C(C)N)cs1. The summed E-state index contributed by atoms with van der Waals surface area (Å²) in [6.07, 6.45) is 1.91. The Morgan fingerprint density at radius 3 is 2.81 bits per heavy atom. The predicted molar refractivity (Wildman–Crippen MR) is 67.4 cm³/mol. The van der Waals surface area contributed by atoms with Gasteiger partial charge in [0, 0.05) is 17.3 Å². The third kappa shape index (κ3) is 3.57. The summed E-state index contributed by atoms with van der Waals surface area (Å²) in [5.74, 6) is 0.0695. The van der Waals surface area contributed by atoms with Crippen LogP contribution in [-0.2, 0) is 4.79 Å². The van der Waals surface area contributed by atoms with Crippen molar-refractivity contribution >= 4 is 22.4 Å². The van der Waals surface area contributed by atoms with Gasteiger partial charge < -0.3 is 11.1 Å². The van der Waals surface area contributed by atoms with Crippen molar-refractivity contribution in [3.8, 4) is 0 Å². The maximum Gasteiger partial charge on any atom is 0.228 e. The second-order valence-corrected chi connectivity index (χ2v) is 4.90. The molecule has 0 radical (unpaired) electrons. The zero-order valence-corrected chi connectivity index (χ0v) is 10.8. The van der Waals surface area contributed by atoms with Gasteiger partial charge in [0.05, 0.1) is 5.69 Å². The molecule has 2 atom stereocenters. The molecule has 1 aromatic rings. The Bertz CT molecular complexity index is 349. The van der Waals surface area contributed by atoms with Crippen LogP contribution in [0.2, 0.25) is 0 Å². The number of amides is 1. The van der Waals surface area contributed by atoms with E-state index in [0.29, 0.717) is 5.13 Å². The minimum atomic E-state index is -0.0880. The molecule has 1 rings (SSSR count). The van der Waals surface area contributed by atoms with Crippen LogP contribution in [0, 0.1) is 5.92 Å². The topological polar surface area (TPSA) is 68.0 Å². The molecule has 3 N–H and O–H groups in total. The van der Waals surface area contributed by atoms with Crippen LogP contribution in [0.5, 0.6) is 0 Å². The number of aromatic nitrogens is 1. The third-order valence-electron chi connectivity index (χ3n) is 2.39. The average molecular weight is 241 g/mol. The molecular weight excluding hydrogens is 222 g/mol. The first kappa shape index (κ1) is 13.1. The highest BCUT2D eigenvalue weighted by Crippen LogP contribution is 2.20. The average Bonchev–Trinajstić information content (AvgIpc) is 2.66. The first-order chi connectivity index (χ1) is 7.54.